The smallest absolute Gasteiger partial charge is 0.341 e. The Bertz CT molecular complexity index is 1790. The van der Waals surface area contributed by atoms with Crippen LogP contribution in [0.25, 0.3) is 16.7 Å². The van der Waals surface area contributed by atoms with E-state index in [1.807, 2.05) is 43.3 Å². The second-order valence-electron chi connectivity index (χ2n) is 8.54. The summed E-state index contributed by atoms with van der Waals surface area (Å²) >= 11 is 0. The average Bonchev–Trinajstić information content (AvgIpc) is 2.91. The molecule has 3 aromatic heterocycles. The van der Waals surface area contributed by atoms with Crippen LogP contribution in [0.4, 0.5) is 0 Å². The molecule has 0 spiro atoms. The zero-order valence-electron chi connectivity index (χ0n) is 20.4. The fourth-order valence-electron chi connectivity index (χ4n) is 4.21. The van der Waals surface area contributed by atoms with Crippen molar-refractivity contribution in [2.75, 3.05) is 6.61 Å². The van der Waals surface area contributed by atoms with E-state index >= 15 is 0 Å². The number of fused-ring (bicyclic) bond motifs is 2. The van der Waals surface area contributed by atoms with Crippen LogP contribution >= 0.6 is 0 Å². The molecule has 0 aliphatic rings. The minimum atomic E-state index is -0.681. The zero-order valence-corrected chi connectivity index (χ0v) is 20.4. The normalized spacial score (nSPS) is 11.7. The van der Waals surface area contributed by atoms with E-state index in [0.29, 0.717) is 16.9 Å². The van der Waals surface area contributed by atoms with Gasteiger partial charge in [-0.1, -0.05) is 54.1 Å². The second kappa shape index (κ2) is 10.0. The first-order chi connectivity index (χ1) is 18.0. The van der Waals surface area contributed by atoms with Crippen molar-refractivity contribution in [2.45, 2.75) is 20.4 Å². The zero-order chi connectivity index (χ0) is 25.9. The number of aromatic nitrogens is 3. The number of aryl methyl sites for hydroxylation is 1. The molecule has 8 heteroatoms. The van der Waals surface area contributed by atoms with Crippen LogP contribution in [0, 0.1) is 6.92 Å². The number of carbonyl (C=O) groups is 2. The van der Waals surface area contributed by atoms with Gasteiger partial charge < -0.3 is 9.30 Å². The number of rotatable bonds is 5. The number of amides is 1. The molecule has 0 aliphatic carbocycles. The van der Waals surface area contributed by atoms with Gasteiger partial charge in [-0.15, -0.1) is 0 Å². The highest BCUT2D eigenvalue weighted by atomic mass is 16.5. The average molecular weight is 493 g/mol. The lowest BCUT2D eigenvalue weighted by atomic mass is 10.1. The van der Waals surface area contributed by atoms with Crippen LogP contribution < -0.4 is 11.0 Å². The van der Waals surface area contributed by atoms with Crippen molar-refractivity contribution in [2.24, 2.45) is 4.99 Å². The number of ether oxygens (including phenoxy) is 1. The standard InChI is InChI=1S/C29H24N4O4/c1-3-37-29(36)23-17-22-25(30-24-14-7-8-15-32(24)28(22)35)33(18-20-11-5-4-6-12-20)26(23)31-27(34)21-13-9-10-19(2)16-21/h4-17H,3,18H2,1-2H3. The van der Waals surface area contributed by atoms with Crippen molar-refractivity contribution < 1.29 is 14.3 Å². The quantitative estimate of drug-likeness (QED) is 0.274. The molecule has 0 radical (unpaired) electrons. The van der Waals surface area contributed by atoms with Gasteiger partial charge in [-0.2, -0.15) is 4.99 Å². The van der Waals surface area contributed by atoms with Gasteiger partial charge in [-0.25, -0.2) is 9.78 Å². The van der Waals surface area contributed by atoms with E-state index < -0.39 is 11.9 Å². The van der Waals surface area contributed by atoms with Crippen LogP contribution in [0.5, 0.6) is 0 Å². The van der Waals surface area contributed by atoms with Crippen molar-refractivity contribution in [3.05, 3.63) is 123 Å². The van der Waals surface area contributed by atoms with E-state index in [1.165, 1.54) is 10.5 Å². The Balaban J connectivity index is 1.90. The van der Waals surface area contributed by atoms with E-state index in [1.54, 1.807) is 54.1 Å². The first-order valence-electron chi connectivity index (χ1n) is 11.9. The Morgan fingerprint density at radius 3 is 2.51 bits per heavy atom. The number of carbonyl (C=O) groups excluding carboxylic acids is 2. The molecule has 0 bridgehead atoms. The number of pyridine rings is 2. The molecular weight excluding hydrogens is 468 g/mol. The summed E-state index contributed by atoms with van der Waals surface area (Å²) in [6.45, 7) is 3.92. The molecule has 0 saturated heterocycles. The molecule has 1 amide bonds. The molecule has 5 rings (SSSR count). The number of hydrogen-bond donors (Lipinski definition) is 0. The lowest BCUT2D eigenvalue weighted by Crippen LogP contribution is -2.33. The lowest BCUT2D eigenvalue weighted by molar-refractivity contribution is 0.0523. The number of nitrogens with zero attached hydrogens (tertiary/aromatic N) is 4. The Kier molecular flexibility index (Phi) is 6.47. The maximum Gasteiger partial charge on any atom is 0.341 e. The molecule has 5 aromatic rings. The van der Waals surface area contributed by atoms with Crippen molar-refractivity contribution >= 4 is 28.6 Å². The van der Waals surface area contributed by atoms with Crippen LogP contribution in [0.1, 0.15) is 38.8 Å². The molecule has 3 heterocycles. The summed E-state index contributed by atoms with van der Waals surface area (Å²) < 4.78 is 8.36. The first kappa shape index (κ1) is 23.9. The predicted molar refractivity (Wildman–Crippen MR) is 140 cm³/mol. The van der Waals surface area contributed by atoms with Crippen LogP contribution in [-0.2, 0) is 11.3 Å². The molecule has 0 saturated carbocycles. The van der Waals surface area contributed by atoms with Gasteiger partial charge in [0.15, 0.2) is 5.49 Å². The van der Waals surface area contributed by atoms with Gasteiger partial charge in [0, 0.05) is 11.8 Å². The summed E-state index contributed by atoms with van der Waals surface area (Å²) in [7, 11) is 0. The molecule has 0 atom stereocenters. The predicted octanol–water partition coefficient (Wildman–Crippen LogP) is 3.92. The Hall–Kier alpha value is -4.85. The van der Waals surface area contributed by atoms with Crippen molar-refractivity contribution in [1.82, 2.24) is 14.0 Å². The molecule has 2 aromatic carbocycles. The highest BCUT2D eigenvalue weighted by Gasteiger charge is 2.20. The second-order valence-corrected chi connectivity index (χ2v) is 8.54. The van der Waals surface area contributed by atoms with Crippen LogP contribution in [-0.4, -0.2) is 32.4 Å². The van der Waals surface area contributed by atoms with E-state index in [0.717, 1.165) is 11.1 Å². The van der Waals surface area contributed by atoms with E-state index in [9.17, 15) is 14.4 Å². The van der Waals surface area contributed by atoms with Crippen LogP contribution in [0.2, 0.25) is 0 Å². The highest BCUT2D eigenvalue weighted by Crippen LogP contribution is 2.14. The molecule has 37 heavy (non-hydrogen) atoms. The van der Waals surface area contributed by atoms with Gasteiger partial charge in [-0.05, 0) is 49.7 Å². The van der Waals surface area contributed by atoms with Crippen LogP contribution in [0.15, 0.2) is 94.8 Å². The molecule has 8 nitrogen and oxygen atoms in total. The molecule has 0 N–H and O–H groups in total. The summed E-state index contributed by atoms with van der Waals surface area (Å²) in [4.78, 5) is 49.0. The minimum Gasteiger partial charge on any atom is -0.462 e. The van der Waals surface area contributed by atoms with Gasteiger partial charge in [-0.3, -0.25) is 14.0 Å². The van der Waals surface area contributed by atoms with Crippen molar-refractivity contribution in [3.8, 4) is 0 Å². The monoisotopic (exact) mass is 492 g/mol. The third-order valence-electron chi connectivity index (χ3n) is 5.94. The first-order valence-corrected chi connectivity index (χ1v) is 11.9. The summed E-state index contributed by atoms with van der Waals surface area (Å²) in [6.07, 6.45) is 1.62. The Morgan fingerprint density at radius 2 is 1.76 bits per heavy atom. The van der Waals surface area contributed by atoms with Gasteiger partial charge >= 0.3 is 5.97 Å². The summed E-state index contributed by atoms with van der Waals surface area (Å²) in [5, 5.41) is 0.213. The molecule has 0 fully saturated rings. The fourth-order valence-corrected chi connectivity index (χ4v) is 4.21. The fraction of sp³-hybridized carbons (Fsp3) is 0.138. The lowest BCUT2D eigenvalue weighted by Gasteiger charge is -2.15. The highest BCUT2D eigenvalue weighted by molar-refractivity contribution is 5.97. The Labute approximate surface area is 212 Å². The number of hydrogen-bond acceptors (Lipinski definition) is 5. The Morgan fingerprint density at radius 1 is 0.973 bits per heavy atom. The summed E-state index contributed by atoms with van der Waals surface area (Å²) in [6, 6.07) is 23.2. The van der Waals surface area contributed by atoms with Crippen molar-refractivity contribution in [1.29, 1.82) is 0 Å². The summed E-state index contributed by atoms with van der Waals surface area (Å²) in [5.41, 5.74) is 2.66. The van der Waals surface area contributed by atoms with Crippen molar-refractivity contribution in [3.63, 3.8) is 0 Å². The van der Waals surface area contributed by atoms with Gasteiger partial charge in [0.1, 0.15) is 16.9 Å². The molecular formula is C29H24N4O4. The van der Waals surface area contributed by atoms with Gasteiger partial charge in [0.2, 0.25) is 0 Å². The third kappa shape index (κ3) is 4.69. The topological polar surface area (TPSA) is 95.0 Å². The van der Waals surface area contributed by atoms with Gasteiger partial charge in [0.25, 0.3) is 11.5 Å². The number of esters is 1. The van der Waals surface area contributed by atoms with E-state index in [2.05, 4.69) is 4.99 Å². The SMILES string of the molecule is CCOC(=O)c1cc2c(=O)n3ccccc3nc2n(Cc2ccccc2)c1=NC(=O)c1cccc(C)c1. The molecule has 0 unspecified atom stereocenters. The van der Waals surface area contributed by atoms with Gasteiger partial charge in [0.05, 0.1) is 18.5 Å². The van der Waals surface area contributed by atoms with E-state index in [-0.39, 0.29) is 35.1 Å². The van der Waals surface area contributed by atoms with Crippen LogP contribution in [0.3, 0.4) is 0 Å². The maximum atomic E-state index is 13.5. The molecule has 0 aliphatic heterocycles. The summed E-state index contributed by atoms with van der Waals surface area (Å²) in [5.74, 6) is -1.20. The molecule has 184 valence electrons. The number of benzene rings is 2. The third-order valence-corrected chi connectivity index (χ3v) is 5.94. The largest absolute Gasteiger partial charge is 0.462 e. The minimum absolute atomic E-state index is 0.0149. The van der Waals surface area contributed by atoms with E-state index in [4.69, 9.17) is 9.72 Å². The maximum absolute atomic E-state index is 13.5.